The SMILES string of the molecule is Cc1nc2c(c(N3CCN(C)CC3)n1)CN(C(=O)c1ccc3c(c1)OCO3)CC2. The highest BCUT2D eigenvalue weighted by atomic mass is 16.7. The van der Waals surface area contributed by atoms with E-state index in [-0.39, 0.29) is 12.7 Å². The molecule has 8 heteroatoms. The fourth-order valence-corrected chi connectivity index (χ4v) is 4.18. The Labute approximate surface area is 170 Å². The smallest absolute Gasteiger partial charge is 0.254 e. The number of benzene rings is 1. The van der Waals surface area contributed by atoms with Crippen LogP contribution < -0.4 is 14.4 Å². The Hall–Kier alpha value is -2.87. The Morgan fingerprint density at radius 3 is 2.66 bits per heavy atom. The lowest BCUT2D eigenvalue weighted by Crippen LogP contribution is -2.46. The van der Waals surface area contributed by atoms with Gasteiger partial charge in [0.25, 0.3) is 5.91 Å². The van der Waals surface area contributed by atoms with E-state index in [4.69, 9.17) is 14.5 Å². The van der Waals surface area contributed by atoms with Gasteiger partial charge in [0, 0.05) is 50.3 Å². The van der Waals surface area contributed by atoms with Crippen molar-refractivity contribution in [2.45, 2.75) is 19.9 Å². The van der Waals surface area contributed by atoms with Crippen molar-refractivity contribution >= 4 is 11.7 Å². The number of aromatic nitrogens is 2. The van der Waals surface area contributed by atoms with Gasteiger partial charge in [0.05, 0.1) is 12.2 Å². The molecule has 0 aliphatic carbocycles. The predicted octanol–water partition coefficient (Wildman–Crippen LogP) is 1.46. The van der Waals surface area contributed by atoms with Crippen molar-refractivity contribution in [1.29, 1.82) is 0 Å². The molecule has 0 atom stereocenters. The average molecular weight is 395 g/mol. The van der Waals surface area contributed by atoms with Crippen LogP contribution in [0.15, 0.2) is 18.2 Å². The molecule has 0 saturated carbocycles. The van der Waals surface area contributed by atoms with Crippen LogP contribution in [0.25, 0.3) is 0 Å². The van der Waals surface area contributed by atoms with Crippen molar-refractivity contribution in [3.63, 3.8) is 0 Å². The Kier molecular flexibility index (Phi) is 4.50. The largest absolute Gasteiger partial charge is 0.454 e. The molecule has 8 nitrogen and oxygen atoms in total. The van der Waals surface area contributed by atoms with Gasteiger partial charge in [0.1, 0.15) is 11.6 Å². The maximum Gasteiger partial charge on any atom is 0.254 e. The number of piperazine rings is 1. The highest BCUT2D eigenvalue weighted by molar-refractivity contribution is 5.95. The first-order valence-electron chi connectivity index (χ1n) is 10.1. The van der Waals surface area contributed by atoms with Crippen LogP contribution in [0.5, 0.6) is 11.5 Å². The van der Waals surface area contributed by atoms with Crippen molar-refractivity contribution in [3.8, 4) is 11.5 Å². The first-order chi connectivity index (χ1) is 14.1. The zero-order valence-electron chi connectivity index (χ0n) is 16.8. The monoisotopic (exact) mass is 395 g/mol. The lowest BCUT2D eigenvalue weighted by molar-refractivity contribution is 0.0733. The molecule has 1 saturated heterocycles. The second-order valence-electron chi connectivity index (χ2n) is 7.85. The molecule has 3 aliphatic rings. The summed E-state index contributed by atoms with van der Waals surface area (Å²) in [6.45, 7) is 7.24. The number of fused-ring (bicyclic) bond motifs is 2. The van der Waals surface area contributed by atoms with E-state index in [0.29, 0.717) is 30.2 Å². The van der Waals surface area contributed by atoms with Gasteiger partial charge in [-0.15, -0.1) is 0 Å². The Morgan fingerprint density at radius 2 is 1.83 bits per heavy atom. The number of hydrogen-bond acceptors (Lipinski definition) is 7. The Balaban J connectivity index is 1.42. The third-order valence-corrected chi connectivity index (χ3v) is 5.86. The number of rotatable bonds is 2. The number of amides is 1. The number of aryl methyl sites for hydroxylation is 1. The molecular formula is C21H25N5O3. The summed E-state index contributed by atoms with van der Waals surface area (Å²) < 4.78 is 10.8. The van der Waals surface area contributed by atoms with Crippen LogP contribution in [0.2, 0.25) is 0 Å². The molecule has 29 heavy (non-hydrogen) atoms. The molecule has 0 unspecified atom stereocenters. The van der Waals surface area contributed by atoms with Crippen LogP contribution in [-0.4, -0.2) is 72.2 Å². The van der Waals surface area contributed by atoms with Gasteiger partial charge < -0.3 is 24.2 Å². The molecule has 152 valence electrons. The third-order valence-electron chi connectivity index (χ3n) is 5.86. The van der Waals surface area contributed by atoms with Crippen molar-refractivity contribution in [2.75, 3.05) is 51.5 Å². The molecule has 0 bridgehead atoms. The van der Waals surface area contributed by atoms with Crippen molar-refractivity contribution < 1.29 is 14.3 Å². The Morgan fingerprint density at radius 1 is 1.03 bits per heavy atom. The minimum absolute atomic E-state index is 0.00106. The van der Waals surface area contributed by atoms with Crippen molar-refractivity contribution in [1.82, 2.24) is 19.8 Å². The molecule has 1 aromatic carbocycles. The van der Waals surface area contributed by atoms with E-state index in [0.717, 1.165) is 55.5 Å². The summed E-state index contributed by atoms with van der Waals surface area (Å²) in [5.74, 6) is 3.10. The summed E-state index contributed by atoms with van der Waals surface area (Å²) in [5.41, 5.74) is 2.77. The van der Waals surface area contributed by atoms with E-state index in [2.05, 4.69) is 21.8 Å². The van der Waals surface area contributed by atoms with Crippen LogP contribution in [0.1, 0.15) is 27.4 Å². The van der Waals surface area contributed by atoms with Crippen molar-refractivity contribution in [2.24, 2.45) is 0 Å². The van der Waals surface area contributed by atoms with Crippen LogP contribution >= 0.6 is 0 Å². The zero-order chi connectivity index (χ0) is 20.0. The molecule has 0 spiro atoms. The maximum absolute atomic E-state index is 13.2. The molecule has 5 rings (SSSR count). The molecule has 1 fully saturated rings. The van der Waals surface area contributed by atoms with Crippen LogP contribution in [0.3, 0.4) is 0 Å². The summed E-state index contributed by atoms with van der Waals surface area (Å²) in [7, 11) is 2.14. The van der Waals surface area contributed by atoms with Crippen molar-refractivity contribution in [3.05, 3.63) is 40.8 Å². The maximum atomic E-state index is 13.2. The molecule has 0 radical (unpaired) electrons. The first-order valence-corrected chi connectivity index (χ1v) is 10.1. The average Bonchev–Trinajstić information content (AvgIpc) is 3.21. The van der Waals surface area contributed by atoms with Crippen LogP contribution in [0.4, 0.5) is 5.82 Å². The van der Waals surface area contributed by atoms with E-state index < -0.39 is 0 Å². The summed E-state index contributed by atoms with van der Waals surface area (Å²) in [6, 6.07) is 5.38. The molecule has 3 aliphatic heterocycles. The van der Waals surface area contributed by atoms with Gasteiger partial charge in [-0.25, -0.2) is 9.97 Å². The molecule has 0 N–H and O–H groups in total. The van der Waals surface area contributed by atoms with E-state index in [9.17, 15) is 4.79 Å². The third kappa shape index (κ3) is 3.37. The number of anilines is 1. The zero-order valence-corrected chi connectivity index (χ0v) is 16.8. The molecule has 4 heterocycles. The number of nitrogens with zero attached hydrogens (tertiary/aromatic N) is 5. The minimum Gasteiger partial charge on any atom is -0.454 e. The second-order valence-corrected chi connectivity index (χ2v) is 7.85. The number of likely N-dealkylation sites (N-methyl/N-ethyl adjacent to an activating group) is 1. The lowest BCUT2D eigenvalue weighted by Gasteiger charge is -2.37. The summed E-state index contributed by atoms with van der Waals surface area (Å²) in [6.07, 6.45) is 0.746. The number of carbonyl (C=O) groups is 1. The quantitative estimate of drug-likeness (QED) is 0.762. The molecule has 1 aromatic heterocycles. The predicted molar refractivity (Wildman–Crippen MR) is 107 cm³/mol. The number of ether oxygens (including phenoxy) is 2. The first kappa shape index (κ1) is 18.2. The van der Waals surface area contributed by atoms with Gasteiger partial charge in [-0.3, -0.25) is 4.79 Å². The van der Waals surface area contributed by atoms with Gasteiger partial charge in [-0.1, -0.05) is 0 Å². The molecule has 1 amide bonds. The van der Waals surface area contributed by atoms with E-state index in [1.165, 1.54) is 0 Å². The second kappa shape index (κ2) is 7.18. The van der Waals surface area contributed by atoms with Crippen LogP contribution in [0, 0.1) is 6.92 Å². The van der Waals surface area contributed by atoms with Gasteiger partial charge in [0.15, 0.2) is 11.5 Å². The number of hydrogen-bond donors (Lipinski definition) is 0. The topological polar surface area (TPSA) is 71.0 Å². The molecular weight excluding hydrogens is 370 g/mol. The summed E-state index contributed by atoms with van der Waals surface area (Å²) in [5, 5.41) is 0. The van der Waals surface area contributed by atoms with E-state index in [1.54, 1.807) is 18.2 Å². The van der Waals surface area contributed by atoms with Gasteiger partial charge in [-0.2, -0.15) is 0 Å². The fraction of sp³-hybridized carbons (Fsp3) is 0.476. The van der Waals surface area contributed by atoms with Gasteiger partial charge in [0.2, 0.25) is 6.79 Å². The van der Waals surface area contributed by atoms with E-state index in [1.807, 2.05) is 11.8 Å². The standard InChI is InChI=1S/C21H25N5O3/c1-14-22-17-5-6-26(21(27)15-3-4-18-19(11-15)29-13-28-18)12-16(17)20(23-14)25-9-7-24(2)8-10-25/h3-4,11H,5-10,12-13H2,1-2H3. The summed E-state index contributed by atoms with van der Waals surface area (Å²) in [4.78, 5) is 29.2. The normalized spacial score (nSPS) is 18.7. The van der Waals surface area contributed by atoms with Gasteiger partial charge >= 0.3 is 0 Å². The summed E-state index contributed by atoms with van der Waals surface area (Å²) >= 11 is 0. The molecule has 2 aromatic rings. The van der Waals surface area contributed by atoms with E-state index >= 15 is 0 Å². The minimum atomic E-state index is -0.00106. The number of carbonyl (C=O) groups excluding carboxylic acids is 1. The lowest BCUT2D eigenvalue weighted by atomic mass is 10.0. The fourth-order valence-electron chi connectivity index (χ4n) is 4.18. The van der Waals surface area contributed by atoms with Crippen LogP contribution in [-0.2, 0) is 13.0 Å². The van der Waals surface area contributed by atoms with Gasteiger partial charge in [-0.05, 0) is 32.2 Å². The highest BCUT2D eigenvalue weighted by Gasteiger charge is 2.29. The highest BCUT2D eigenvalue weighted by Crippen LogP contribution is 2.34. The Bertz CT molecular complexity index is 956.